The monoisotopic (exact) mass is 326 g/mol. The lowest BCUT2D eigenvalue weighted by molar-refractivity contribution is 0.420. The van der Waals surface area contributed by atoms with Gasteiger partial charge in [-0.3, -0.25) is 0 Å². The molecule has 2 nitrogen and oxygen atoms in total. The van der Waals surface area contributed by atoms with Gasteiger partial charge >= 0.3 is 0 Å². The van der Waals surface area contributed by atoms with E-state index >= 15 is 0 Å². The molecule has 0 spiro atoms. The largest absolute Gasteiger partial charge is 0.508 e. The Bertz CT molecular complexity index is 700. The molecule has 0 saturated carbocycles. The van der Waals surface area contributed by atoms with E-state index in [2.05, 4.69) is 46.8 Å². The Hall–Kier alpha value is -1.96. The Labute approximate surface area is 146 Å². The van der Waals surface area contributed by atoms with Crippen LogP contribution >= 0.6 is 0 Å². The average Bonchev–Trinajstić information content (AvgIpc) is 2.49. The molecule has 0 atom stereocenters. The van der Waals surface area contributed by atoms with E-state index < -0.39 is 0 Å². The molecule has 0 bridgehead atoms. The molecular weight excluding hydrogens is 296 g/mol. The fraction of sp³-hybridized carbons (Fsp3) is 0.455. The quantitative estimate of drug-likeness (QED) is 0.758. The van der Waals surface area contributed by atoms with Crippen molar-refractivity contribution >= 4 is 0 Å². The van der Waals surface area contributed by atoms with Crippen molar-refractivity contribution < 1.29 is 10.2 Å². The lowest BCUT2D eigenvalue weighted by Crippen LogP contribution is -2.28. The second-order valence-corrected chi connectivity index (χ2v) is 7.69. The van der Waals surface area contributed by atoms with Crippen LogP contribution in [-0.4, -0.2) is 10.2 Å². The molecule has 0 aliphatic heterocycles. The number of aromatic hydroxyl groups is 2. The van der Waals surface area contributed by atoms with E-state index in [-0.39, 0.29) is 5.41 Å². The van der Waals surface area contributed by atoms with Gasteiger partial charge < -0.3 is 10.2 Å². The highest BCUT2D eigenvalue weighted by Crippen LogP contribution is 2.44. The van der Waals surface area contributed by atoms with E-state index in [0.29, 0.717) is 17.4 Å². The predicted molar refractivity (Wildman–Crippen MR) is 101 cm³/mol. The van der Waals surface area contributed by atoms with Gasteiger partial charge in [-0.05, 0) is 85.5 Å². The third-order valence-electron chi connectivity index (χ3n) is 5.52. The van der Waals surface area contributed by atoms with Gasteiger partial charge in [0.1, 0.15) is 11.5 Å². The number of hydrogen-bond acceptors (Lipinski definition) is 2. The molecule has 2 aromatic carbocycles. The lowest BCUT2D eigenvalue weighted by atomic mass is 9.67. The van der Waals surface area contributed by atoms with Gasteiger partial charge in [-0.1, -0.05) is 32.9 Å². The molecular formula is C22H30O2. The van der Waals surface area contributed by atoms with Crippen molar-refractivity contribution in [3.63, 3.8) is 0 Å². The standard InChI is InChI=1S/C22H30O2/c1-13(2)12-22(7,18-8-10-20(23)16(5)14(18)3)19-9-11-21(24)17(6)15(19)4/h8-11,13,23-24H,12H2,1-7H3. The molecule has 0 fully saturated rings. The summed E-state index contributed by atoms with van der Waals surface area (Å²) in [5.41, 5.74) is 6.50. The van der Waals surface area contributed by atoms with Crippen molar-refractivity contribution in [2.24, 2.45) is 5.92 Å². The first-order valence-electron chi connectivity index (χ1n) is 8.69. The lowest BCUT2D eigenvalue weighted by Gasteiger charge is -2.36. The molecule has 130 valence electrons. The molecule has 0 aliphatic rings. The van der Waals surface area contributed by atoms with Crippen molar-refractivity contribution in [3.05, 3.63) is 57.6 Å². The molecule has 0 unspecified atom stereocenters. The van der Waals surface area contributed by atoms with Crippen molar-refractivity contribution in [2.75, 3.05) is 0 Å². The Morgan fingerprint density at radius 1 is 0.750 bits per heavy atom. The molecule has 24 heavy (non-hydrogen) atoms. The molecule has 2 rings (SSSR count). The normalized spacial score (nSPS) is 12.0. The summed E-state index contributed by atoms with van der Waals surface area (Å²) in [6.45, 7) is 14.9. The van der Waals surface area contributed by atoms with Crippen LogP contribution < -0.4 is 0 Å². The van der Waals surface area contributed by atoms with Gasteiger partial charge in [0.05, 0.1) is 0 Å². The zero-order chi connectivity index (χ0) is 18.2. The molecule has 0 amide bonds. The summed E-state index contributed by atoms with van der Waals surface area (Å²) in [6, 6.07) is 7.72. The fourth-order valence-corrected chi connectivity index (χ4v) is 3.99. The molecule has 2 heteroatoms. The van der Waals surface area contributed by atoms with Crippen LogP contribution in [0.1, 0.15) is 60.6 Å². The summed E-state index contributed by atoms with van der Waals surface area (Å²) in [7, 11) is 0. The van der Waals surface area contributed by atoms with Gasteiger partial charge in [0.25, 0.3) is 0 Å². The van der Waals surface area contributed by atoms with E-state index in [1.807, 2.05) is 13.8 Å². The minimum absolute atomic E-state index is 0.167. The Morgan fingerprint density at radius 2 is 1.12 bits per heavy atom. The SMILES string of the molecule is Cc1c(O)ccc(C(C)(CC(C)C)c2ccc(O)c(C)c2C)c1C. The Morgan fingerprint density at radius 3 is 1.46 bits per heavy atom. The zero-order valence-corrected chi connectivity index (χ0v) is 16.0. The molecule has 0 aliphatic carbocycles. The van der Waals surface area contributed by atoms with E-state index in [1.54, 1.807) is 12.1 Å². The van der Waals surface area contributed by atoms with Gasteiger partial charge in [-0.2, -0.15) is 0 Å². The molecule has 2 aromatic rings. The van der Waals surface area contributed by atoms with Crippen LogP contribution in [0.4, 0.5) is 0 Å². The molecule has 0 radical (unpaired) electrons. The third-order valence-corrected chi connectivity index (χ3v) is 5.52. The number of hydrogen-bond donors (Lipinski definition) is 2. The Balaban J connectivity index is 2.78. The summed E-state index contributed by atoms with van der Waals surface area (Å²) in [6.07, 6.45) is 1.00. The van der Waals surface area contributed by atoms with E-state index in [9.17, 15) is 10.2 Å². The van der Waals surface area contributed by atoms with E-state index in [4.69, 9.17) is 0 Å². The number of benzene rings is 2. The van der Waals surface area contributed by atoms with Crippen LogP contribution in [0.25, 0.3) is 0 Å². The maximum absolute atomic E-state index is 10.0. The number of phenolic OH excluding ortho intramolecular Hbond substituents is 2. The summed E-state index contributed by atoms with van der Waals surface area (Å²) in [4.78, 5) is 0. The highest BCUT2D eigenvalue weighted by Gasteiger charge is 2.33. The van der Waals surface area contributed by atoms with Crippen LogP contribution in [0.2, 0.25) is 0 Å². The molecule has 0 heterocycles. The van der Waals surface area contributed by atoms with Gasteiger partial charge in [0, 0.05) is 5.41 Å². The van der Waals surface area contributed by atoms with Gasteiger partial charge in [-0.15, -0.1) is 0 Å². The van der Waals surface area contributed by atoms with Crippen LogP contribution in [0.5, 0.6) is 11.5 Å². The smallest absolute Gasteiger partial charge is 0.118 e. The average molecular weight is 326 g/mol. The first-order valence-corrected chi connectivity index (χ1v) is 8.69. The summed E-state index contributed by atoms with van der Waals surface area (Å²) in [5.74, 6) is 1.22. The summed E-state index contributed by atoms with van der Waals surface area (Å²) < 4.78 is 0. The van der Waals surface area contributed by atoms with Gasteiger partial charge in [0.15, 0.2) is 0 Å². The molecule has 2 N–H and O–H groups in total. The molecule has 0 saturated heterocycles. The first kappa shape index (κ1) is 18.4. The maximum atomic E-state index is 10.0. The van der Waals surface area contributed by atoms with Crippen molar-refractivity contribution in [1.29, 1.82) is 0 Å². The predicted octanol–water partition coefficient (Wildman–Crippen LogP) is 5.68. The van der Waals surface area contributed by atoms with Crippen LogP contribution in [0, 0.1) is 33.6 Å². The van der Waals surface area contributed by atoms with Crippen LogP contribution in [-0.2, 0) is 5.41 Å². The number of rotatable bonds is 4. The minimum Gasteiger partial charge on any atom is -0.508 e. The number of phenols is 2. The topological polar surface area (TPSA) is 40.5 Å². The van der Waals surface area contributed by atoms with Crippen molar-refractivity contribution in [1.82, 2.24) is 0 Å². The van der Waals surface area contributed by atoms with Crippen LogP contribution in [0.15, 0.2) is 24.3 Å². The van der Waals surface area contributed by atoms with Crippen LogP contribution in [0.3, 0.4) is 0 Å². The maximum Gasteiger partial charge on any atom is 0.118 e. The van der Waals surface area contributed by atoms with E-state index in [0.717, 1.165) is 28.7 Å². The fourth-order valence-electron chi connectivity index (χ4n) is 3.99. The highest BCUT2D eigenvalue weighted by atomic mass is 16.3. The summed E-state index contributed by atoms with van der Waals surface area (Å²) >= 11 is 0. The highest BCUT2D eigenvalue weighted by molar-refractivity contribution is 5.54. The van der Waals surface area contributed by atoms with Gasteiger partial charge in [0.2, 0.25) is 0 Å². The summed E-state index contributed by atoms with van der Waals surface area (Å²) in [5, 5.41) is 20.1. The molecule has 0 aromatic heterocycles. The van der Waals surface area contributed by atoms with Gasteiger partial charge in [-0.25, -0.2) is 0 Å². The Kier molecular flexibility index (Phi) is 4.98. The first-order chi connectivity index (χ1) is 11.1. The minimum atomic E-state index is -0.167. The van der Waals surface area contributed by atoms with Crippen molar-refractivity contribution in [2.45, 2.75) is 60.3 Å². The second kappa shape index (κ2) is 6.51. The third kappa shape index (κ3) is 3.02. The van der Waals surface area contributed by atoms with E-state index in [1.165, 1.54) is 11.1 Å². The van der Waals surface area contributed by atoms with Crippen molar-refractivity contribution in [3.8, 4) is 11.5 Å². The zero-order valence-electron chi connectivity index (χ0n) is 16.0. The second-order valence-electron chi connectivity index (χ2n) is 7.69.